The van der Waals surface area contributed by atoms with E-state index in [1.54, 1.807) is 0 Å². The smallest absolute Gasteiger partial charge is 0.254 e. The molecule has 21 heavy (non-hydrogen) atoms. The minimum atomic E-state index is -0.225. The number of nitrogens with one attached hydrogen (secondary N) is 1. The number of hydrogen-bond acceptors (Lipinski definition) is 2. The van der Waals surface area contributed by atoms with Crippen molar-refractivity contribution in [2.45, 2.75) is 52.4 Å². The number of aryl methyl sites for hydroxylation is 1. The van der Waals surface area contributed by atoms with Gasteiger partial charge in [-0.1, -0.05) is 51.1 Å². The van der Waals surface area contributed by atoms with E-state index < -0.39 is 0 Å². The van der Waals surface area contributed by atoms with Gasteiger partial charge >= 0.3 is 0 Å². The van der Waals surface area contributed by atoms with Crippen molar-refractivity contribution in [2.75, 3.05) is 0 Å². The Kier molecular flexibility index (Phi) is 4.61. The van der Waals surface area contributed by atoms with Crippen molar-refractivity contribution in [1.29, 1.82) is 0 Å². The van der Waals surface area contributed by atoms with Gasteiger partial charge in [-0.25, -0.2) is 4.98 Å². The van der Waals surface area contributed by atoms with Crippen LogP contribution in [0.25, 0.3) is 0 Å². The largest absolute Gasteiger partial charge is 0.310 e. The molecule has 0 bridgehead atoms. The van der Waals surface area contributed by atoms with Crippen LogP contribution in [0.1, 0.15) is 56.3 Å². The highest BCUT2D eigenvalue weighted by molar-refractivity contribution is 5.33. The molecule has 0 unspecified atom stereocenters. The molecule has 1 aromatic heterocycles. The topological polar surface area (TPSA) is 45.8 Å². The van der Waals surface area contributed by atoms with E-state index in [0.29, 0.717) is 6.42 Å². The van der Waals surface area contributed by atoms with Crippen molar-refractivity contribution in [2.24, 2.45) is 0 Å². The number of aromatic amines is 1. The molecule has 0 spiro atoms. The molecule has 0 aliphatic rings. The zero-order chi connectivity index (χ0) is 15.5. The first-order valence-electron chi connectivity index (χ1n) is 7.74. The molecule has 0 fully saturated rings. The molecule has 1 heterocycles. The molecule has 0 amide bonds. The summed E-state index contributed by atoms with van der Waals surface area (Å²) in [5.41, 5.74) is 2.62. The van der Waals surface area contributed by atoms with Gasteiger partial charge in [-0.2, -0.15) is 0 Å². The first kappa shape index (κ1) is 15.5. The maximum Gasteiger partial charge on any atom is 0.254 e. The van der Waals surface area contributed by atoms with Gasteiger partial charge in [-0.15, -0.1) is 0 Å². The van der Waals surface area contributed by atoms with Gasteiger partial charge in [0.15, 0.2) is 0 Å². The molecule has 3 heteroatoms. The normalized spacial score (nSPS) is 11.6. The molecule has 0 saturated carbocycles. The SMILES string of the molecule is CCc1c(C)nc(C(CC)(CC)c2ccccc2)[nH]c1=O. The summed E-state index contributed by atoms with van der Waals surface area (Å²) in [5, 5.41) is 0. The molecule has 0 atom stereocenters. The summed E-state index contributed by atoms with van der Waals surface area (Å²) in [5.74, 6) is 0.790. The van der Waals surface area contributed by atoms with E-state index in [2.05, 4.69) is 31.0 Å². The van der Waals surface area contributed by atoms with Gasteiger partial charge in [0.1, 0.15) is 5.82 Å². The average Bonchev–Trinajstić information content (AvgIpc) is 2.50. The van der Waals surface area contributed by atoms with E-state index in [4.69, 9.17) is 4.98 Å². The molecule has 0 radical (unpaired) electrons. The third-order valence-corrected chi connectivity index (χ3v) is 4.56. The molecule has 3 nitrogen and oxygen atoms in total. The maximum atomic E-state index is 12.3. The number of nitrogens with zero attached hydrogens (tertiary/aromatic N) is 1. The fraction of sp³-hybridized carbons (Fsp3) is 0.444. The standard InChI is InChI=1S/C18H24N2O/c1-5-15-13(4)19-17(20-16(15)21)18(6-2,7-3)14-11-9-8-10-12-14/h8-12H,5-7H2,1-4H3,(H,19,20,21). The zero-order valence-corrected chi connectivity index (χ0v) is 13.4. The summed E-state index contributed by atoms with van der Waals surface area (Å²) >= 11 is 0. The van der Waals surface area contributed by atoms with Crippen molar-refractivity contribution in [3.63, 3.8) is 0 Å². The Balaban J connectivity index is 2.67. The molecular weight excluding hydrogens is 260 g/mol. The number of H-pyrrole nitrogens is 1. The van der Waals surface area contributed by atoms with Crippen molar-refractivity contribution >= 4 is 0 Å². The summed E-state index contributed by atoms with van der Waals surface area (Å²) in [6.07, 6.45) is 2.52. The van der Waals surface area contributed by atoms with Crippen LogP contribution in [0.2, 0.25) is 0 Å². The van der Waals surface area contributed by atoms with Crippen LogP contribution in [0.5, 0.6) is 0 Å². The lowest BCUT2D eigenvalue weighted by Gasteiger charge is -2.31. The zero-order valence-electron chi connectivity index (χ0n) is 13.4. The monoisotopic (exact) mass is 284 g/mol. The van der Waals surface area contributed by atoms with Crippen LogP contribution in [0, 0.1) is 6.92 Å². The van der Waals surface area contributed by atoms with E-state index in [9.17, 15) is 4.79 Å². The second-order valence-electron chi connectivity index (χ2n) is 5.49. The Morgan fingerprint density at radius 2 is 1.71 bits per heavy atom. The van der Waals surface area contributed by atoms with Crippen LogP contribution in [-0.4, -0.2) is 9.97 Å². The predicted molar refractivity (Wildman–Crippen MR) is 86.8 cm³/mol. The highest BCUT2D eigenvalue weighted by Crippen LogP contribution is 2.36. The minimum Gasteiger partial charge on any atom is -0.310 e. The van der Waals surface area contributed by atoms with Crippen molar-refractivity contribution in [1.82, 2.24) is 9.97 Å². The number of benzene rings is 1. The highest BCUT2D eigenvalue weighted by Gasteiger charge is 2.33. The van der Waals surface area contributed by atoms with Crippen LogP contribution in [0.15, 0.2) is 35.1 Å². The van der Waals surface area contributed by atoms with Crippen LogP contribution < -0.4 is 5.56 Å². The van der Waals surface area contributed by atoms with Gasteiger partial charge in [0.2, 0.25) is 0 Å². The van der Waals surface area contributed by atoms with Gasteiger partial charge in [-0.3, -0.25) is 4.79 Å². The van der Waals surface area contributed by atoms with Gasteiger partial charge in [0.05, 0.1) is 5.41 Å². The van der Waals surface area contributed by atoms with E-state index in [1.807, 2.05) is 32.0 Å². The van der Waals surface area contributed by atoms with Crippen LogP contribution >= 0.6 is 0 Å². The number of aromatic nitrogens is 2. The number of hydrogen-bond donors (Lipinski definition) is 1. The second-order valence-corrected chi connectivity index (χ2v) is 5.49. The first-order valence-corrected chi connectivity index (χ1v) is 7.74. The van der Waals surface area contributed by atoms with Crippen molar-refractivity contribution in [3.05, 3.63) is 63.3 Å². The lowest BCUT2D eigenvalue weighted by molar-refractivity contribution is 0.445. The fourth-order valence-corrected chi connectivity index (χ4v) is 3.14. The van der Waals surface area contributed by atoms with Gasteiger partial charge in [0, 0.05) is 11.3 Å². The summed E-state index contributed by atoms with van der Waals surface area (Å²) < 4.78 is 0. The molecule has 0 aliphatic carbocycles. The molecule has 112 valence electrons. The van der Waals surface area contributed by atoms with Crippen LogP contribution in [0.4, 0.5) is 0 Å². The third-order valence-electron chi connectivity index (χ3n) is 4.56. The maximum absolute atomic E-state index is 12.3. The highest BCUT2D eigenvalue weighted by atomic mass is 16.1. The van der Waals surface area contributed by atoms with Crippen molar-refractivity contribution < 1.29 is 0 Å². The van der Waals surface area contributed by atoms with E-state index >= 15 is 0 Å². The van der Waals surface area contributed by atoms with Crippen LogP contribution in [-0.2, 0) is 11.8 Å². The molecule has 0 saturated heterocycles. The Hall–Kier alpha value is -1.90. The first-order chi connectivity index (χ1) is 10.1. The lowest BCUT2D eigenvalue weighted by Crippen LogP contribution is -2.32. The van der Waals surface area contributed by atoms with Gasteiger partial charge in [-0.05, 0) is 31.7 Å². The molecule has 0 aliphatic heterocycles. The molecular formula is C18H24N2O. The fourth-order valence-electron chi connectivity index (χ4n) is 3.14. The van der Waals surface area contributed by atoms with E-state index in [-0.39, 0.29) is 11.0 Å². The van der Waals surface area contributed by atoms with Crippen molar-refractivity contribution in [3.8, 4) is 0 Å². The molecule has 2 aromatic rings. The predicted octanol–water partition coefficient (Wildman–Crippen LogP) is 3.75. The Morgan fingerprint density at radius 1 is 1.10 bits per heavy atom. The van der Waals surface area contributed by atoms with Gasteiger partial charge in [0.25, 0.3) is 5.56 Å². The third kappa shape index (κ3) is 2.65. The van der Waals surface area contributed by atoms with E-state index in [0.717, 1.165) is 29.9 Å². The minimum absolute atomic E-state index is 0.00204. The number of rotatable bonds is 5. The Morgan fingerprint density at radius 3 is 2.19 bits per heavy atom. The second kappa shape index (κ2) is 6.25. The molecule has 2 rings (SSSR count). The summed E-state index contributed by atoms with van der Waals surface area (Å²) in [7, 11) is 0. The Labute approximate surface area is 126 Å². The van der Waals surface area contributed by atoms with E-state index in [1.165, 1.54) is 5.56 Å². The average molecular weight is 284 g/mol. The van der Waals surface area contributed by atoms with Crippen LogP contribution in [0.3, 0.4) is 0 Å². The molecule has 1 N–H and O–H groups in total. The summed E-state index contributed by atoms with van der Waals surface area (Å²) in [6, 6.07) is 10.3. The van der Waals surface area contributed by atoms with Gasteiger partial charge < -0.3 is 4.98 Å². The summed E-state index contributed by atoms with van der Waals surface area (Å²) in [6.45, 7) is 8.22. The lowest BCUT2D eigenvalue weighted by atomic mass is 9.75. The quantitative estimate of drug-likeness (QED) is 0.909. The summed E-state index contributed by atoms with van der Waals surface area (Å²) in [4.78, 5) is 20.1. The Bertz CT molecular complexity index is 655. The molecule has 1 aromatic carbocycles.